The highest BCUT2D eigenvalue weighted by atomic mass is 35.5. The summed E-state index contributed by atoms with van der Waals surface area (Å²) in [4.78, 5) is 0. The zero-order valence-electron chi connectivity index (χ0n) is 11.9. The van der Waals surface area contributed by atoms with E-state index in [1.165, 1.54) is 17.5 Å². The summed E-state index contributed by atoms with van der Waals surface area (Å²) in [7, 11) is 0. The van der Waals surface area contributed by atoms with Crippen LogP contribution in [0.2, 0.25) is 10.0 Å². The lowest BCUT2D eigenvalue weighted by molar-refractivity contribution is 0.402. The molecule has 1 aliphatic carbocycles. The molecule has 0 fully saturated rings. The first kappa shape index (κ1) is 14.9. The van der Waals surface area contributed by atoms with Gasteiger partial charge in [-0.15, -0.1) is 0 Å². The molecule has 0 bridgehead atoms. The van der Waals surface area contributed by atoms with Gasteiger partial charge >= 0.3 is 0 Å². The van der Waals surface area contributed by atoms with Gasteiger partial charge in [-0.25, -0.2) is 0 Å². The first-order valence-corrected chi connectivity index (χ1v) is 8.18. The number of rotatable bonds is 2. The van der Waals surface area contributed by atoms with Crippen LogP contribution in [0.15, 0.2) is 42.5 Å². The van der Waals surface area contributed by atoms with Gasteiger partial charge in [-0.3, -0.25) is 0 Å². The van der Waals surface area contributed by atoms with Crippen LogP contribution < -0.4 is 5.73 Å². The third kappa shape index (κ3) is 3.26. The average Bonchev–Trinajstić information content (AvgIpc) is 2.63. The van der Waals surface area contributed by atoms with Crippen molar-refractivity contribution < 1.29 is 0 Å². The Morgan fingerprint density at radius 2 is 1.90 bits per heavy atom. The minimum absolute atomic E-state index is 0.0791. The van der Waals surface area contributed by atoms with Gasteiger partial charge in [-0.2, -0.15) is 0 Å². The summed E-state index contributed by atoms with van der Waals surface area (Å²) in [6, 6.07) is 14.4. The Balaban J connectivity index is 1.86. The quantitative estimate of drug-likeness (QED) is 0.757. The predicted molar refractivity (Wildman–Crippen MR) is 90.0 cm³/mol. The Hall–Kier alpha value is -1.02. The lowest BCUT2D eigenvalue weighted by atomic mass is 9.86. The van der Waals surface area contributed by atoms with Crippen LogP contribution in [0.3, 0.4) is 0 Å². The molecule has 0 saturated carbocycles. The van der Waals surface area contributed by atoms with Crippen molar-refractivity contribution in [2.75, 3.05) is 0 Å². The standard InChI is InChI=1S/C18H19Cl2N/c19-15-9-8-13(17(20)11-15)10-14-6-3-5-12-4-1-2-7-16(12)18(14)21/h1-2,4,7-9,11,14,18H,3,5-6,10,21H2. The monoisotopic (exact) mass is 319 g/mol. The molecule has 0 spiro atoms. The molecule has 3 rings (SSSR count). The molecular formula is C18H19Cl2N. The fraction of sp³-hybridized carbons (Fsp3) is 0.333. The summed E-state index contributed by atoms with van der Waals surface area (Å²) in [6.45, 7) is 0. The van der Waals surface area contributed by atoms with E-state index in [9.17, 15) is 0 Å². The highest BCUT2D eigenvalue weighted by molar-refractivity contribution is 6.35. The van der Waals surface area contributed by atoms with Crippen molar-refractivity contribution in [3.05, 3.63) is 69.2 Å². The second-order valence-electron chi connectivity index (χ2n) is 5.82. The molecule has 2 unspecified atom stereocenters. The van der Waals surface area contributed by atoms with Crippen LogP contribution in [-0.2, 0) is 12.8 Å². The van der Waals surface area contributed by atoms with Gasteiger partial charge in [0, 0.05) is 16.1 Å². The van der Waals surface area contributed by atoms with Gasteiger partial charge in [0.05, 0.1) is 0 Å². The highest BCUT2D eigenvalue weighted by Gasteiger charge is 2.25. The zero-order valence-corrected chi connectivity index (χ0v) is 13.4. The summed E-state index contributed by atoms with van der Waals surface area (Å²) < 4.78 is 0. The lowest BCUT2D eigenvalue weighted by Crippen LogP contribution is -2.23. The predicted octanol–water partition coefficient (Wildman–Crippen LogP) is 5.19. The van der Waals surface area contributed by atoms with Crippen LogP contribution in [0.4, 0.5) is 0 Å². The highest BCUT2D eigenvalue weighted by Crippen LogP contribution is 2.35. The van der Waals surface area contributed by atoms with Gasteiger partial charge in [0.25, 0.3) is 0 Å². The molecule has 2 aromatic carbocycles. The van der Waals surface area contributed by atoms with Crippen molar-refractivity contribution in [1.29, 1.82) is 0 Å². The fourth-order valence-electron chi connectivity index (χ4n) is 3.27. The van der Waals surface area contributed by atoms with Crippen molar-refractivity contribution in [3.63, 3.8) is 0 Å². The summed E-state index contributed by atoms with van der Waals surface area (Å²) in [5.41, 5.74) is 10.4. The number of fused-ring (bicyclic) bond motifs is 1. The normalized spacial score (nSPS) is 21.7. The Morgan fingerprint density at radius 3 is 2.71 bits per heavy atom. The van der Waals surface area contributed by atoms with E-state index in [0.717, 1.165) is 29.8 Å². The van der Waals surface area contributed by atoms with Crippen molar-refractivity contribution >= 4 is 23.2 Å². The Morgan fingerprint density at radius 1 is 1.10 bits per heavy atom. The molecule has 1 aliphatic rings. The van der Waals surface area contributed by atoms with Crippen molar-refractivity contribution in [2.45, 2.75) is 31.7 Å². The molecule has 0 radical (unpaired) electrons. The van der Waals surface area contributed by atoms with E-state index >= 15 is 0 Å². The first-order valence-electron chi connectivity index (χ1n) is 7.42. The third-order valence-electron chi connectivity index (χ3n) is 4.44. The minimum atomic E-state index is 0.0791. The minimum Gasteiger partial charge on any atom is -0.324 e. The van der Waals surface area contributed by atoms with Gasteiger partial charge in [-0.1, -0.05) is 53.5 Å². The molecule has 0 saturated heterocycles. The van der Waals surface area contributed by atoms with Gasteiger partial charge in [0.2, 0.25) is 0 Å². The number of benzene rings is 2. The van der Waals surface area contributed by atoms with Crippen LogP contribution in [-0.4, -0.2) is 0 Å². The van der Waals surface area contributed by atoms with Crippen molar-refractivity contribution in [1.82, 2.24) is 0 Å². The van der Waals surface area contributed by atoms with E-state index < -0.39 is 0 Å². The van der Waals surface area contributed by atoms with Crippen molar-refractivity contribution in [2.24, 2.45) is 11.7 Å². The van der Waals surface area contributed by atoms with Crippen LogP contribution in [0, 0.1) is 5.92 Å². The third-order valence-corrected chi connectivity index (χ3v) is 5.03. The molecule has 2 atom stereocenters. The summed E-state index contributed by atoms with van der Waals surface area (Å²) in [6.07, 6.45) is 4.34. The second-order valence-corrected chi connectivity index (χ2v) is 6.66. The lowest BCUT2D eigenvalue weighted by Gasteiger charge is -2.23. The maximum absolute atomic E-state index is 6.55. The van der Waals surface area contributed by atoms with Gasteiger partial charge in [-0.05, 0) is 60.4 Å². The first-order chi connectivity index (χ1) is 10.1. The molecule has 21 heavy (non-hydrogen) atoms. The Kier molecular flexibility index (Phi) is 4.54. The average molecular weight is 320 g/mol. The molecule has 1 nitrogen and oxygen atoms in total. The van der Waals surface area contributed by atoms with E-state index in [1.54, 1.807) is 0 Å². The topological polar surface area (TPSA) is 26.0 Å². The number of aryl methyl sites for hydroxylation is 1. The van der Waals surface area contributed by atoms with E-state index in [0.29, 0.717) is 10.9 Å². The number of hydrogen-bond donors (Lipinski definition) is 1. The summed E-state index contributed by atoms with van der Waals surface area (Å²) in [5, 5.41) is 1.42. The largest absolute Gasteiger partial charge is 0.324 e. The maximum atomic E-state index is 6.55. The molecule has 2 aromatic rings. The SMILES string of the molecule is NC1c2ccccc2CCCC1Cc1ccc(Cl)cc1Cl. The molecule has 0 aliphatic heterocycles. The summed E-state index contributed by atoms with van der Waals surface area (Å²) in [5.74, 6) is 0.423. The van der Waals surface area contributed by atoms with Crippen LogP contribution in [0.1, 0.15) is 35.6 Å². The fourth-order valence-corrected chi connectivity index (χ4v) is 3.76. The van der Waals surface area contributed by atoms with Gasteiger partial charge < -0.3 is 5.73 Å². The summed E-state index contributed by atoms with van der Waals surface area (Å²) >= 11 is 12.3. The molecule has 0 aromatic heterocycles. The van der Waals surface area contributed by atoms with E-state index in [2.05, 4.69) is 24.3 Å². The molecule has 2 N–H and O–H groups in total. The maximum Gasteiger partial charge on any atom is 0.0452 e. The number of halogens is 2. The van der Waals surface area contributed by atoms with Crippen molar-refractivity contribution in [3.8, 4) is 0 Å². The molecule has 3 heteroatoms. The second kappa shape index (κ2) is 6.39. The molecule has 110 valence electrons. The van der Waals surface area contributed by atoms with Crippen LogP contribution in [0.5, 0.6) is 0 Å². The van der Waals surface area contributed by atoms with Crippen LogP contribution in [0.25, 0.3) is 0 Å². The van der Waals surface area contributed by atoms with Gasteiger partial charge in [0.1, 0.15) is 0 Å². The Labute approximate surface area is 136 Å². The van der Waals surface area contributed by atoms with Gasteiger partial charge in [0.15, 0.2) is 0 Å². The zero-order chi connectivity index (χ0) is 14.8. The Bertz CT molecular complexity index is 639. The van der Waals surface area contributed by atoms with E-state index in [1.807, 2.05) is 18.2 Å². The van der Waals surface area contributed by atoms with E-state index in [-0.39, 0.29) is 6.04 Å². The number of hydrogen-bond acceptors (Lipinski definition) is 1. The molecule has 0 amide bonds. The van der Waals surface area contributed by atoms with Crippen LogP contribution >= 0.6 is 23.2 Å². The smallest absolute Gasteiger partial charge is 0.0452 e. The molecular weight excluding hydrogens is 301 g/mol. The van der Waals surface area contributed by atoms with E-state index in [4.69, 9.17) is 28.9 Å². The number of nitrogens with two attached hydrogens (primary N) is 1. The molecule has 0 heterocycles.